The number of aliphatic hydroxyl groups excluding tert-OH is 1. The molecular formula is C7H12F2O2. The van der Waals surface area contributed by atoms with Gasteiger partial charge in [0, 0.05) is 6.42 Å². The van der Waals surface area contributed by atoms with Crippen molar-refractivity contribution in [3.05, 3.63) is 0 Å². The molecule has 4 heteroatoms. The van der Waals surface area contributed by atoms with Crippen molar-refractivity contribution in [3.8, 4) is 0 Å². The molecule has 1 unspecified atom stereocenters. The standard InChI is InChI=1S/C7H12F2O2/c1-5-7(9,4-8)2-6(3-10)11-5/h5-6,10H,2-4H2,1H3/t5-,6-,7?/m0/s1. The minimum Gasteiger partial charge on any atom is -0.394 e. The monoisotopic (exact) mass is 166 g/mol. The molecule has 0 aromatic rings. The van der Waals surface area contributed by atoms with Gasteiger partial charge in [0.1, 0.15) is 6.67 Å². The van der Waals surface area contributed by atoms with Crippen LogP contribution in [-0.2, 0) is 4.74 Å². The van der Waals surface area contributed by atoms with Crippen molar-refractivity contribution in [1.29, 1.82) is 0 Å². The molecule has 1 N–H and O–H groups in total. The largest absolute Gasteiger partial charge is 0.394 e. The molecule has 0 bridgehead atoms. The van der Waals surface area contributed by atoms with Crippen molar-refractivity contribution < 1.29 is 18.6 Å². The van der Waals surface area contributed by atoms with Crippen LogP contribution >= 0.6 is 0 Å². The van der Waals surface area contributed by atoms with E-state index in [9.17, 15) is 8.78 Å². The summed E-state index contributed by atoms with van der Waals surface area (Å²) in [6, 6.07) is 0. The normalized spacial score (nSPS) is 44.7. The highest BCUT2D eigenvalue weighted by molar-refractivity contribution is 4.94. The lowest BCUT2D eigenvalue weighted by atomic mass is 9.98. The molecule has 66 valence electrons. The molecule has 0 amide bonds. The third-order valence-corrected chi connectivity index (χ3v) is 2.12. The van der Waals surface area contributed by atoms with Crippen molar-refractivity contribution in [3.63, 3.8) is 0 Å². The third-order valence-electron chi connectivity index (χ3n) is 2.12. The Morgan fingerprint density at radius 1 is 1.73 bits per heavy atom. The van der Waals surface area contributed by atoms with Gasteiger partial charge in [-0.3, -0.25) is 0 Å². The number of hydrogen-bond donors (Lipinski definition) is 1. The zero-order valence-electron chi connectivity index (χ0n) is 6.39. The average Bonchev–Trinajstić information content (AvgIpc) is 2.29. The minimum absolute atomic E-state index is 0.0405. The first kappa shape index (κ1) is 8.87. The van der Waals surface area contributed by atoms with Gasteiger partial charge in [-0.2, -0.15) is 0 Å². The average molecular weight is 166 g/mol. The number of rotatable bonds is 2. The first-order valence-corrected chi connectivity index (χ1v) is 3.63. The van der Waals surface area contributed by atoms with Crippen molar-refractivity contribution in [2.24, 2.45) is 0 Å². The van der Waals surface area contributed by atoms with E-state index in [0.717, 1.165) is 0 Å². The van der Waals surface area contributed by atoms with Crippen molar-refractivity contribution in [2.45, 2.75) is 31.2 Å². The van der Waals surface area contributed by atoms with E-state index in [1.54, 1.807) is 0 Å². The summed E-state index contributed by atoms with van der Waals surface area (Å²) in [6.45, 7) is 0.204. The molecule has 1 heterocycles. The van der Waals surface area contributed by atoms with Crippen molar-refractivity contribution in [2.75, 3.05) is 13.3 Å². The summed E-state index contributed by atoms with van der Waals surface area (Å²) in [5, 5.41) is 8.60. The first-order chi connectivity index (χ1) is 5.12. The lowest BCUT2D eigenvalue weighted by molar-refractivity contribution is -0.0148. The Balaban J connectivity index is 2.57. The van der Waals surface area contributed by atoms with Crippen molar-refractivity contribution in [1.82, 2.24) is 0 Å². The number of hydrogen-bond acceptors (Lipinski definition) is 2. The molecule has 1 rings (SSSR count). The Morgan fingerprint density at radius 3 is 2.64 bits per heavy atom. The van der Waals surface area contributed by atoms with Crippen LogP contribution < -0.4 is 0 Å². The molecule has 0 aromatic carbocycles. The predicted molar refractivity (Wildman–Crippen MR) is 35.9 cm³/mol. The first-order valence-electron chi connectivity index (χ1n) is 3.63. The molecule has 0 saturated carbocycles. The van der Waals surface area contributed by atoms with Crippen LogP contribution in [0.5, 0.6) is 0 Å². The second-order valence-corrected chi connectivity index (χ2v) is 2.96. The molecular weight excluding hydrogens is 154 g/mol. The van der Waals surface area contributed by atoms with E-state index in [-0.39, 0.29) is 13.0 Å². The van der Waals surface area contributed by atoms with E-state index in [1.807, 2.05) is 0 Å². The van der Waals surface area contributed by atoms with Gasteiger partial charge in [0.2, 0.25) is 0 Å². The Kier molecular flexibility index (Phi) is 2.44. The highest BCUT2D eigenvalue weighted by Gasteiger charge is 2.46. The number of aliphatic hydroxyl groups is 1. The van der Waals surface area contributed by atoms with E-state index in [2.05, 4.69) is 0 Å². The topological polar surface area (TPSA) is 29.5 Å². The SMILES string of the molecule is C[C@@H]1O[C@H](CO)CC1(F)CF. The van der Waals surface area contributed by atoms with Gasteiger partial charge in [0.15, 0.2) is 5.67 Å². The van der Waals surface area contributed by atoms with E-state index >= 15 is 0 Å². The molecule has 1 fully saturated rings. The number of halogens is 2. The molecule has 0 aromatic heterocycles. The fourth-order valence-electron chi connectivity index (χ4n) is 1.27. The molecule has 1 aliphatic rings. The van der Waals surface area contributed by atoms with Gasteiger partial charge in [0.25, 0.3) is 0 Å². The molecule has 2 nitrogen and oxygen atoms in total. The molecule has 3 atom stereocenters. The maximum atomic E-state index is 13.3. The summed E-state index contributed by atoms with van der Waals surface area (Å²) in [6.07, 6.45) is -1.32. The summed E-state index contributed by atoms with van der Waals surface area (Å²) >= 11 is 0. The van der Waals surface area contributed by atoms with Gasteiger partial charge in [-0.1, -0.05) is 0 Å². The summed E-state index contributed by atoms with van der Waals surface area (Å²) in [5.41, 5.74) is -1.88. The van der Waals surface area contributed by atoms with Crippen LogP contribution in [0.25, 0.3) is 0 Å². The molecule has 0 radical (unpaired) electrons. The van der Waals surface area contributed by atoms with Crippen LogP contribution in [-0.4, -0.2) is 36.3 Å². The molecule has 0 spiro atoms. The molecule has 1 saturated heterocycles. The number of alkyl halides is 2. The van der Waals surface area contributed by atoms with Crippen molar-refractivity contribution >= 4 is 0 Å². The summed E-state index contributed by atoms with van der Waals surface area (Å²) in [4.78, 5) is 0. The Labute approximate surface area is 64.2 Å². The summed E-state index contributed by atoms with van der Waals surface area (Å²) in [7, 11) is 0. The fourth-order valence-corrected chi connectivity index (χ4v) is 1.27. The Hall–Kier alpha value is -0.220. The second kappa shape index (κ2) is 3.03. The Morgan fingerprint density at radius 2 is 2.36 bits per heavy atom. The van der Waals surface area contributed by atoms with Gasteiger partial charge in [-0.25, -0.2) is 8.78 Å². The molecule has 1 aliphatic heterocycles. The highest BCUT2D eigenvalue weighted by Crippen LogP contribution is 2.34. The van der Waals surface area contributed by atoms with Crippen LogP contribution in [0.15, 0.2) is 0 Å². The van der Waals surface area contributed by atoms with Crippen LogP contribution in [0.1, 0.15) is 13.3 Å². The van der Waals surface area contributed by atoms with Crippen LogP contribution in [0.3, 0.4) is 0 Å². The summed E-state index contributed by atoms with van der Waals surface area (Å²) in [5.74, 6) is 0. The summed E-state index contributed by atoms with van der Waals surface area (Å²) < 4.78 is 30.3. The predicted octanol–water partition coefficient (Wildman–Crippen LogP) is 0.834. The van der Waals surface area contributed by atoms with E-state index in [0.29, 0.717) is 0 Å². The second-order valence-electron chi connectivity index (χ2n) is 2.96. The minimum atomic E-state index is -1.88. The van der Waals surface area contributed by atoms with Crippen LogP contribution in [0.2, 0.25) is 0 Å². The van der Waals surface area contributed by atoms with E-state index in [1.165, 1.54) is 6.92 Å². The van der Waals surface area contributed by atoms with Gasteiger partial charge in [-0.05, 0) is 6.92 Å². The maximum absolute atomic E-state index is 13.3. The van der Waals surface area contributed by atoms with Gasteiger partial charge >= 0.3 is 0 Å². The van der Waals surface area contributed by atoms with Gasteiger partial charge < -0.3 is 9.84 Å². The van der Waals surface area contributed by atoms with Crippen LogP contribution in [0.4, 0.5) is 8.78 Å². The van der Waals surface area contributed by atoms with Gasteiger partial charge in [0.05, 0.1) is 18.8 Å². The highest BCUT2D eigenvalue weighted by atomic mass is 19.2. The zero-order valence-corrected chi connectivity index (χ0v) is 6.39. The maximum Gasteiger partial charge on any atom is 0.167 e. The van der Waals surface area contributed by atoms with Crippen LogP contribution in [0, 0.1) is 0 Å². The van der Waals surface area contributed by atoms with E-state index < -0.39 is 24.6 Å². The number of ether oxygens (including phenoxy) is 1. The Bertz CT molecular complexity index is 142. The lowest BCUT2D eigenvalue weighted by Crippen LogP contribution is -2.33. The van der Waals surface area contributed by atoms with E-state index in [4.69, 9.17) is 9.84 Å². The zero-order chi connectivity index (χ0) is 8.48. The quantitative estimate of drug-likeness (QED) is 0.658. The smallest absolute Gasteiger partial charge is 0.167 e. The fraction of sp³-hybridized carbons (Fsp3) is 1.00. The molecule has 11 heavy (non-hydrogen) atoms. The lowest BCUT2D eigenvalue weighted by Gasteiger charge is -2.17. The third kappa shape index (κ3) is 1.51. The van der Waals surface area contributed by atoms with Gasteiger partial charge in [-0.15, -0.1) is 0 Å². The molecule has 0 aliphatic carbocycles.